The van der Waals surface area contributed by atoms with Gasteiger partial charge in [-0.05, 0) is 40.9 Å². The lowest BCUT2D eigenvalue weighted by atomic mass is 9.87. The van der Waals surface area contributed by atoms with Crippen molar-refractivity contribution in [3.63, 3.8) is 0 Å². The summed E-state index contributed by atoms with van der Waals surface area (Å²) in [7, 11) is 1.63. The van der Waals surface area contributed by atoms with Crippen LogP contribution in [0.3, 0.4) is 0 Å². The zero-order valence-corrected chi connectivity index (χ0v) is 16.2. The largest absolute Gasteiger partial charge is 0.497 e. The van der Waals surface area contributed by atoms with Crippen LogP contribution < -0.4 is 4.74 Å². The highest BCUT2D eigenvalue weighted by Gasteiger charge is 2.12. The molecule has 0 saturated heterocycles. The molecule has 0 spiro atoms. The van der Waals surface area contributed by atoms with Gasteiger partial charge in [-0.1, -0.05) is 57.2 Å². The molecule has 0 fully saturated rings. The van der Waals surface area contributed by atoms with E-state index in [1.165, 1.54) is 5.56 Å². The molecule has 134 valence electrons. The minimum Gasteiger partial charge on any atom is -0.497 e. The average molecular weight is 366 g/mol. The highest BCUT2D eigenvalue weighted by Crippen LogP contribution is 2.23. The fraction of sp³-hybridized carbons (Fsp3) is 0.250. The molecule has 1 heterocycles. The second-order valence-electron chi connectivity index (χ2n) is 7.01. The van der Waals surface area contributed by atoms with E-state index in [9.17, 15) is 0 Å². The molecule has 0 atom stereocenters. The monoisotopic (exact) mass is 366 g/mol. The van der Waals surface area contributed by atoms with E-state index in [1.54, 1.807) is 18.0 Å². The molecule has 0 radical (unpaired) electrons. The average Bonchev–Trinajstić information content (AvgIpc) is 3.00. The number of nitrogens with one attached hydrogen (secondary N) is 1. The molecule has 2 aromatic carbocycles. The molecule has 26 heavy (non-hydrogen) atoms. The standard InChI is InChI=1S/C20H22N4OS/c1-20(2,3)16-10-8-14(9-11-16)13-21-24-18(22-23-19(24)26)15-6-5-7-17(12-15)25-4/h5-13H,1-4H3,(H,23,26)/b21-13+. The van der Waals surface area contributed by atoms with Gasteiger partial charge in [0.1, 0.15) is 5.75 Å². The number of ether oxygens (including phenoxy) is 1. The third-order valence-electron chi connectivity index (χ3n) is 4.08. The van der Waals surface area contributed by atoms with Crippen LogP contribution in [0.2, 0.25) is 0 Å². The molecule has 0 unspecified atom stereocenters. The molecule has 0 aliphatic rings. The lowest BCUT2D eigenvalue weighted by Crippen LogP contribution is -2.10. The van der Waals surface area contributed by atoms with Crippen molar-refractivity contribution in [3.05, 3.63) is 64.4 Å². The van der Waals surface area contributed by atoms with E-state index in [4.69, 9.17) is 17.0 Å². The van der Waals surface area contributed by atoms with Crippen molar-refractivity contribution in [1.29, 1.82) is 0 Å². The first-order chi connectivity index (χ1) is 12.4. The Morgan fingerprint density at radius 3 is 2.54 bits per heavy atom. The summed E-state index contributed by atoms with van der Waals surface area (Å²) in [5.74, 6) is 1.39. The van der Waals surface area contributed by atoms with Gasteiger partial charge in [-0.2, -0.15) is 14.9 Å². The van der Waals surface area contributed by atoms with Crippen LogP contribution in [0.1, 0.15) is 31.9 Å². The van der Waals surface area contributed by atoms with Gasteiger partial charge in [-0.25, -0.2) is 5.10 Å². The number of rotatable bonds is 4. The molecule has 0 aliphatic heterocycles. The predicted molar refractivity (Wildman–Crippen MR) is 108 cm³/mol. The number of methoxy groups -OCH3 is 1. The lowest BCUT2D eigenvalue weighted by Gasteiger charge is -2.18. The molecule has 0 bridgehead atoms. The SMILES string of the molecule is COc1cccc(-c2n[nH]c(=S)n2/N=C/c2ccc(C(C)(C)C)cc2)c1. The second-order valence-corrected chi connectivity index (χ2v) is 7.40. The van der Waals surface area contributed by atoms with Crippen LogP contribution in [0.5, 0.6) is 5.75 Å². The first-order valence-corrected chi connectivity index (χ1v) is 8.76. The quantitative estimate of drug-likeness (QED) is 0.533. The van der Waals surface area contributed by atoms with Gasteiger partial charge in [-0.3, -0.25) is 0 Å². The number of benzene rings is 2. The maximum atomic E-state index is 5.32. The highest BCUT2D eigenvalue weighted by atomic mass is 32.1. The molecule has 0 amide bonds. The van der Waals surface area contributed by atoms with Gasteiger partial charge in [0.2, 0.25) is 4.77 Å². The summed E-state index contributed by atoms with van der Waals surface area (Å²) < 4.78 is 7.33. The third-order valence-corrected chi connectivity index (χ3v) is 4.34. The van der Waals surface area contributed by atoms with E-state index >= 15 is 0 Å². The number of aromatic nitrogens is 3. The predicted octanol–water partition coefficient (Wildman–Crippen LogP) is 4.80. The molecule has 0 saturated carbocycles. The van der Waals surface area contributed by atoms with Crippen LogP contribution >= 0.6 is 12.2 Å². The summed E-state index contributed by atoms with van der Waals surface area (Å²) in [6, 6.07) is 16.0. The molecule has 5 nitrogen and oxygen atoms in total. The van der Waals surface area contributed by atoms with Gasteiger partial charge in [0.05, 0.1) is 13.3 Å². The van der Waals surface area contributed by atoms with Crippen molar-refractivity contribution in [2.45, 2.75) is 26.2 Å². The Labute approximate surface area is 158 Å². The maximum absolute atomic E-state index is 5.32. The summed E-state index contributed by atoms with van der Waals surface area (Å²) in [5.41, 5.74) is 3.28. The van der Waals surface area contributed by atoms with Gasteiger partial charge in [0.15, 0.2) is 5.82 Å². The topological polar surface area (TPSA) is 55.2 Å². The fourth-order valence-electron chi connectivity index (χ4n) is 2.54. The van der Waals surface area contributed by atoms with Crippen LogP contribution in [0.4, 0.5) is 0 Å². The van der Waals surface area contributed by atoms with Gasteiger partial charge < -0.3 is 4.74 Å². The fourth-order valence-corrected chi connectivity index (χ4v) is 2.72. The van der Waals surface area contributed by atoms with Crippen molar-refractivity contribution >= 4 is 18.4 Å². The number of aromatic amines is 1. The van der Waals surface area contributed by atoms with Crippen molar-refractivity contribution in [2.24, 2.45) is 5.10 Å². The molecule has 1 aromatic heterocycles. The number of hydrogen-bond donors (Lipinski definition) is 1. The molecule has 3 rings (SSSR count). The Kier molecular flexibility index (Phi) is 5.04. The van der Waals surface area contributed by atoms with Gasteiger partial charge >= 0.3 is 0 Å². The zero-order chi connectivity index (χ0) is 18.7. The van der Waals surface area contributed by atoms with Gasteiger partial charge in [0, 0.05) is 5.56 Å². The van der Waals surface area contributed by atoms with E-state index in [0.29, 0.717) is 10.6 Å². The van der Waals surface area contributed by atoms with Crippen molar-refractivity contribution in [2.75, 3.05) is 7.11 Å². The van der Waals surface area contributed by atoms with Crippen LogP contribution in [-0.4, -0.2) is 28.2 Å². The second kappa shape index (κ2) is 7.25. The first-order valence-electron chi connectivity index (χ1n) is 8.35. The Balaban J connectivity index is 1.92. The van der Waals surface area contributed by atoms with Crippen LogP contribution in [-0.2, 0) is 5.41 Å². The maximum Gasteiger partial charge on any atom is 0.216 e. The van der Waals surface area contributed by atoms with E-state index in [-0.39, 0.29) is 5.41 Å². The van der Waals surface area contributed by atoms with E-state index in [2.05, 4.69) is 60.3 Å². The Morgan fingerprint density at radius 2 is 1.88 bits per heavy atom. The van der Waals surface area contributed by atoms with Gasteiger partial charge in [-0.15, -0.1) is 0 Å². The van der Waals surface area contributed by atoms with Crippen LogP contribution in [0.25, 0.3) is 11.4 Å². The minimum atomic E-state index is 0.127. The molecule has 0 aliphatic carbocycles. The number of H-pyrrole nitrogens is 1. The number of nitrogens with zero attached hydrogens (tertiary/aromatic N) is 3. The molecular formula is C20H22N4OS. The van der Waals surface area contributed by atoms with E-state index < -0.39 is 0 Å². The molecule has 1 N–H and O–H groups in total. The summed E-state index contributed by atoms with van der Waals surface area (Å²) in [5, 5.41) is 11.6. The van der Waals surface area contributed by atoms with Crippen LogP contribution in [0.15, 0.2) is 53.6 Å². The Hall–Kier alpha value is -2.73. The molecular weight excluding hydrogens is 344 g/mol. The number of hydrogen-bond acceptors (Lipinski definition) is 4. The van der Waals surface area contributed by atoms with E-state index in [1.807, 2.05) is 24.3 Å². The highest BCUT2D eigenvalue weighted by molar-refractivity contribution is 7.71. The first kappa shape index (κ1) is 18.1. The summed E-state index contributed by atoms with van der Waals surface area (Å²) in [6.07, 6.45) is 1.78. The molecule has 6 heteroatoms. The van der Waals surface area contributed by atoms with Crippen LogP contribution in [0, 0.1) is 4.77 Å². The van der Waals surface area contributed by atoms with Crippen molar-refractivity contribution in [3.8, 4) is 17.1 Å². The zero-order valence-electron chi connectivity index (χ0n) is 15.4. The summed E-state index contributed by atoms with van der Waals surface area (Å²) >= 11 is 5.32. The minimum absolute atomic E-state index is 0.127. The van der Waals surface area contributed by atoms with Crippen molar-refractivity contribution < 1.29 is 4.74 Å². The lowest BCUT2D eigenvalue weighted by molar-refractivity contribution is 0.415. The van der Waals surface area contributed by atoms with E-state index in [0.717, 1.165) is 16.9 Å². The summed E-state index contributed by atoms with van der Waals surface area (Å²) in [4.78, 5) is 0. The Morgan fingerprint density at radius 1 is 1.15 bits per heavy atom. The normalized spacial score (nSPS) is 11.8. The van der Waals surface area contributed by atoms with Crippen molar-refractivity contribution in [1.82, 2.24) is 14.9 Å². The summed E-state index contributed by atoms with van der Waals surface area (Å²) in [6.45, 7) is 6.59. The molecule has 3 aromatic rings. The smallest absolute Gasteiger partial charge is 0.216 e. The third kappa shape index (κ3) is 3.91. The van der Waals surface area contributed by atoms with Gasteiger partial charge in [0.25, 0.3) is 0 Å². The Bertz CT molecular complexity index is 978.